The first-order valence-electron chi connectivity index (χ1n) is 7.25. The molecule has 2 aromatic carbocycles. The molecule has 1 heterocycles. The van der Waals surface area contributed by atoms with Crippen LogP contribution in [0.4, 0.5) is 0 Å². The van der Waals surface area contributed by atoms with Crippen LogP contribution in [0.1, 0.15) is 22.3 Å². The van der Waals surface area contributed by atoms with E-state index in [0.29, 0.717) is 5.75 Å². The molecule has 1 aliphatic rings. The number of nitrogens with one attached hydrogen (secondary N) is 1. The summed E-state index contributed by atoms with van der Waals surface area (Å²) in [5.74, 6) is 0.435. The number of terminal acetylenes is 1. The molecule has 0 saturated carbocycles. The number of phenols is 1. The van der Waals surface area contributed by atoms with Crippen molar-refractivity contribution >= 4 is 0 Å². The standard InChI is InChI=1S/C17H19NO.C2H2/c19-17-7-6-14-8-10-18-11-9-15(14)16(17)12-13-4-2-1-3-5-13;1-2/h1-7,18-19H,8-12H2;1-2H. The van der Waals surface area contributed by atoms with Crippen molar-refractivity contribution in [3.8, 4) is 18.6 Å². The molecule has 108 valence electrons. The summed E-state index contributed by atoms with van der Waals surface area (Å²) in [5.41, 5.74) is 5.08. The van der Waals surface area contributed by atoms with Gasteiger partial charge in [0.05, 0.1) is 0 Å². The minimum Gasteiger partial charge on any atom is -0.508 e. The monoisotopic (exact) mass is 279 g/mol. The average Bonchev–Trinajstić information content (AvgIpc) is 2.79. The molecular weight excluding hydrogens is 258 g/mol. The Morgan fingerprint density at radius 2 is 1.67 bits per heavy atom. The van der Waals surface area contributed by atoms with Gasteiger partial charge in [0.2, 0.25) is 0 Å². The second-order valence-electron chi connectivity index (χ2n) is 5.11. The Bertz CT molecular complexity index is 602. The Morgan fingerprint density at radius 1 is 0.952 bits per heavy atom. The molecule has 0 unspecified atom stereocenters. The average molecular weight is 279 g/mol. The lowest BCUT2D eigenvalue weighted by Crippen LogP contribution is -2.16. The number of hydrogen-bond donors (Lipinski definition) is 2. The van der Waals surface area contributed by atoms with E-state index in [2.05, 4.69) is 48.5 Å². The summed E-state index contributed by atoms with van der Waals surface area (Å²) >= 11 is 0. The number of aromatic hydroxyl groups is 1. The van der Waals surface area contributed by atoms with Crippen molar-refractivity contribution in [2.45, 2.75) is 19.3 Å². The van der Waals surface area contributed by atoms with Gasteiger partial charge in [-0.2, -0.15) is 0 Å². The van der Waals surface area contributed by atoms with Gasteiger partial charge in [0.25, 0.3) is 0 Å². The van der Waals surface area contributed by atoms with Gasteiger partial charge >= 0.3 is 0 Å². The smallest absolute Gasteiger partial charge is 0.119 e. The van der Waals surface area contributed by atoms with Gasteiger partial charge < -0.3 is 10.4 Å². The van der Waals surface area contributed by atoms with Crippen molar-refractivity contribution in [1.82, 2.24) is 5.32 Å². The predicted octanol–water partition coefficient (Wildman–Crippen LogP) is 2.92. The molecule has 0 aliphatic carbocycles. The van der Waals surface area contributed by atoms with Crippen LogP contribution < -0.4 is 5.32 Å². The molecule has 0 radical (unpaired) electrons. The lowest BCUT2D eigenvalue weighted by atomic mass is 9.92. The Morgan fingerprint density at radius 3 is 2.43 bits per heavy atom. The molecular formula is C19H21NO. The van der Waals surface area contributed by atoms with Crippen molar-refractivity contribution < 1.29 is 5.11 Å². The zero-order valence-corrected chi connectivity index (χ0v) is 12.2. The first kappa shape index (κ1) is 15.2. The highest BCUT2D eigenvalue weighted by molar-refractivity contribution is 5.47. The summed E-state index contributed by atoms with van der Waals surface area (Å²) in [7, 11) is 0. The maximum atomic E-state index is 10.2. The van der Waals surface area contributed by atoms with Crippen LogP contribution in [0.2, 0.25) is 0 Å². The molecule has 2 nitrogen and oxygen atoms in total. The molecule has 0 spiro atoms. The van der Waals surface area contributed by atoms with E-state index in [0.717, 1.165) is 37.9 Å². The summed E-state index contributed by atoms with van der Waals surface area (Å²) in [6, 6.07) is 14.3. The second kappa shape index (κ2) is 7.52. The van der Waals surface area contributed by atoms with Crippen LogP contribution in [0.15, 0.2) is 42.5 Å². The molecule has 0 amide bonds. The SMILES string of the molecule is C#C.Oc1ccc2c(c1Cc1ccccc1)CCNCC2. The maximum Gasteiger partial charge on any atom is 0.119 e. The largest absolute Gasteiger partial charge is 0.508 e. The van der Waals surface area contributed by atoms with E-state index in [1.54, 1.807) is 0 Å². The Labute approximate surface area is 126 Å². The number of fused-ring (bicyclic) bond motifs is 1. The van der Waals surface area contributed by atoms with E-state index in [1.807, 2.05) is 12.1 Å². The fraction of sp³-hybridized carbons (Fsp3) is 0.263. The third-order valence-electron chi connectivity index (χ3n) is 3.85. The molecule has 0 bridgehead atoms. The highest BCUT2D eigenvalue weighted by Crippen LogP contribution is 2.28. The normalized spacial score (nSPS) is 13.4. The Hall–Kier alpha value is -2.24. The lowest BCUT2D eigenvalue weighted by Gasteiger charge is -2.14. The van der Waals surface area contributed by atoms with Crippen LogP contribution in [-0.4, -0.2) is 18.2 Å². The predicted molar refractivity (Wildman–Crippen MR) is 87.5 cm³/mol. The van der Waals surface area contributed by atoms with Crippen LogP contribution in [-0.2, 0) is 19.3 Å². The minimum absolute atomic E-state index is 0.435. The van der Waals surface area contributed by atoms with Crippen LogP contribution in [0.3, 0.4) is 0 Å². The van der Waals surface area contributed by atoms with Crippen LogP contribution in [0.5, 0.6) is 5.75 Å². The lowest BCUT2D eigenvalue weighted by molar-refractivity contribution is 0.468. The van der Waals surface area contributed by atoms with E-state index in [9.17, 15) is 5.11 Å². The zero-order chi connectivity index (χ0) is 15.1. The van der Waals surface area contributed by atoms with Crippen LogP contribution in [0.25, 0.3) is 0 Å². The van der Waals surface area contributed by atoms with E-state index in [-0.39, 0.29) is 0 Å². The third kappa shape index (κ3) is 3.65. The topological polar surface area (TPSA) is 32.3 Å². The summed E-state index contributed by atoms with van der Waals surface area (Å²) < 4.78 is 0. The summed E-state index contributed by atoms with van der Waals surface area (Å²) in [6.45, 7) is 2.03. The highest BCUT2D eigenvalue weighted by Gasteiger charge is 2.15. The molecule has 0 aromatic heterocycles. The first-order valence-corrected chi connectivity index (χ1v) is 7.25. The zero-order valence-electron chi connectivity index (χ0n) is 12.2. The van der Waals surface area contributed by atoms with Crippen molar-refractivity contribution in [3.63, 3.8) is 0 Å². The van der Waals surface area contributed by atoms with Gasteiger partial charge in [0.15, 0.2) is 0 Å². The molecule has 3 rings (SSSR count). The number of phenolic OH excluding ortho intramolecular Hbond substituents is 1. The molecule has 2 aromatic rings. The molecule has 2 heteroatoms. The van der Waals surface area contributed by atoms with Gasteiger partial charge in [-0.1, -0.05) is 36.4 Å². The fourth-order valence-electron chi connectivity index (χ4n) is 2.83. The van der Waals surface area contributed by atoms with Gasteiger partial charge in [-0.15, -0.1) is 12.8 Å². The van der Waals surface area contributed by atoms with Gasteiger partial charge in [0.1, 0.15) is 5.75 Å². The number of benzene rings is 2. The summed E-state index contributed by atoms with van der Waals surface area (Å²) in [5, 5.41) is 13.6. The van der Waals surface area contributed by atoms with E-state index >= 15 is 0 Å². The van der Waals surface area contributed by atoms with E-state index in [1.165, 1.54) is 16.7 Å². The molecule has 0 atom stereocenters. The van der Waals surface area contributed by atoms with Crippen LogP contribution in [0, 0.1) is 12.8 Å². The number of hydrogen-bond acceptors (Lipinski definition) is 2. The molecule has 0 fully saturated rings. The third-order valence-corrected chi connectivity index (χ3v) is 3.85. The fourth-order valence-corrected chi connectivity index (χ4v) is 2.83. The van der Waals surface area contributed by atoms with E-state index < -0.39 is 0 Å². The molecule has 2 N–H and O–H groups in total. The van der Waals surface area contributed by atoms with Crippen LogP contribution >= 0.6 is 0 Å². The van der Waals surface area contributed by atoms with Crippen molar-refractivity contribution in [2.75, 3.05) is 13.1 Å². The molecule has 0 saturated heterocycles. The second-order valence-corrected chi connectivity index (χ2v) is 5.11. The summed E-state index contributed by atoms with van der Waals surface area (Å²) in [4.78, 5) is 0. The number of rotatable bonds is 2. The Kier molecular flexibility index (Phi) is 5.43. The van der Waals surface area contributed by atoms with Gasteiger partial charge in [-0.25, -0.2) is 0 Å². The first-order chi connectivity index (χ1) is 10.3. The van der Waals surface area contributed by atoms with Crippen molar-refractivity contribution in [3.05, 3.63) is 64.7 Å². The maximum absolute atomic E-state index is 10.2. The molecule has 21 heavy (non-hydrogen) atoms. The summed E-state index contributed by atoms with van der Waals surface area (Å²) in [6.07, 6.45) is 10.9. The van der Waals surface area contributed by atoms with Crippen molar-refractivity contribution in [2.24, 2.45) is 0 Å². The van der Waals surface area contributed by atoms with Gasteiger partial charge in [0, 0.05) is 12.0 Å². The van der Waals surface area contributed by atoms with Crippen molar-refractivity contribution in [1.29, 1.82) is 0 Å². The molecule has 1 aliphatic heterocycles. The quantitative estimate of drug-likeness (QED) is 0.829. The van der Waals surface area contributed by atoms with Gasteiger partial charge in [-0.05, 0) is 48.7 Å². The highest BCUT2D eigenvalue weighted by atomic mass is 16.3. The van der Waals surface area contributed by atoms with E-state index in [4.69, 9.17) is 0 Å². The minimum atomic E-state index is 0.435. The van der Waals surface area contributed by atoms with Gasteiger partial charge in [-0.3, -0.25) is 0 Å². The Balaban J connectivity index is 0.000000774.